The van der Waals surface area contributed by atoms with Crippen LogP contribution < -0.4 is 14.2 Å². The summed E-state index contributed by atoms with van der Waals surface area (Å²) in [6.07, 6.45) is 10.8. The Bertz CT molecular complexity index is 4540. The quantitative estimate of drug-likeness (QED) is 0.0983. The predicted octanol–water partition coefficient (Wildman–Crippen LogP) is 15.3. The highest BCUT2D eigenvalue weighted by atomic mass is 16.5. The number of fused-ring (bicyclic) bond motifs is 18. The SMILES string of the molecule is Cc1c(COc2ccc(-c3nc4c5cccnc5c5ncccc5c4[nH]3)cc2)c(C)c(COc2ccc(-c3nc4c5cccnc5c5ncccc5c4[nH]3)cc2)c(C)c1COc1ccc(-c2nc3c4cccnc4c4ncccc4c3[nH]2)cc1. The van der Waals surface area contributed by atoms with Gasteiger partial charge in [-0.2, -0.15) is 0 Å². The normalized spacial score (nSPS) is 11.9. The molecule has 0 fully saturated rings. The number of imidazole rings is 3. The van der Waals surface area contributed by atoms with Crippen LogP contribution in [0.3, 0.4) is 0 Å². The Hall–Kier alpha value is -11.2. The largest absolute Gasteiger partial charge is 0.489 e. The first-order valence-electron chi connectivity index (χ1n) is 27.7. The van der Waals surface area contributed by atoms with Gasteiger partial charge in [-0.05, 0) is 200 Å². The van der Waals surface area contributed by atoms with Crippen molar-refractivity contribution < 1.29 is 14.2 Å². The molecule has 16 rings (SSSR count). The molecule has 402 valence electrons. The molecule has 0 radical (unpaired) electrons. The van der Waals surface area contributed by atoms with Gasteiger partial charge in [-0.3, -0.25) is 29.9 Å². The van der Waals surface area contributed by atoms with Crippen LogP contribution in [0, 0.1) is 20.8 Å². The highest BCUT2D eigenvalue weighted by Crippen LogP contribution is 2.38. The zero-order valence-corrected chi connectivity index (χ0v) is 45.7. The number of ether oxygens (including phenoxy) is 3. The number of H-pyrrole nitrogens is 3. The van der Waals surface area contributed by atoms with Gasteiger partial charge in [0, 0.05) is 86.2 Å². The van der Waals surface area contributed by atoms with Crippen molar-refractivity contribution in [3.63, 3.8) is 0 Å². The molecule has 0 saturated carbocycles. The molecule has 9 aromatic heterocycles. The minimum absolute atomic E-state index is 0.325. The highest BCUT2D eigenvalue weighted by molar-refractivity contribution is 6.23. The first-order valence-corrected chi connectivity index (χ1v) is 27.7. The van der Waals surface area contributed by atoms with Crippen LogP contribution in [0.4, 0.5) is 0 Å². The van der Waals surface area contributed by atoms with E-state index in [1.54, 1.807) is 37.2 Å². The number of aromatic nitrogens is 12. The van der Waals surface area contributed by atoms with E-state index in [0.717, 1.165) is 183 Å². The smallest absolute Gasteiger partial charge is 0.138 e. The van der Waals surface area contributed by atoms with E-state index in [1.165, 1.54) is 0 Å². The van der Waals surface area contributed by atoms with Crippen molar-refractivity contribution in [1.29, 1.82) is 0 Å². The van der Waals surface area contributed by atoms with Gasteiger partial charge in [0.05, 0.1) is 66.2 Å². The molecule has 16 aromatic rings. The summed E-state index contributed by atoms with van der Waals surface area (Å²) in [5.74, 6) is 4.44. The maximum Gasteiger partial charge on any atom is 0.138 e. The number of pyridine rings is 6. The summed E-state index contributed by atoms with van der Waals surface area (Å²) < 4.78 is 20.0. The Morgan fingerprint density at radius 3 is 0.786 bits per heavy atom. The topological polar surface area (TPSA) is 191 Å². The number of hydrogen-bond acceptors (Lipinski definition) is 12. The number of hydrogen-bond donors (Lipinski definition) is 3. The lowest BCUT2D eigenvalue weighted by atomic mass is 9.89. The first kappa shape index (κ1) is 48.7. The van der Waals surface area contributed by atoms with Gasteiger partial charge in [0.2, 0.25) is 0 Å². The molecule has 3 N–H and O–H groups in total. The fraction of sp³-hybridized carbons (Fsp3) is 0.0870. The third kappa shape index (κ3) is 7.99. The second-order valence-electron chi connectivity index (χ2n) is 21.1. The third-order valence-corrected chi connectivity index (χ3v) is 16.5. The van der Waals surface area contributed by atoms with Gasteiger partial charge < -0.3 is 29.2 Å². The Morgan fingerprint density at radius 1 is 0.286 bits per heavy atom. The molecular weight excluding hydrogens is 1040 g/mol. The van der Waals surface area contributed by atoms with Gasteiger partial charge in [0.25, 0.3) is 0 Å². The third-order valence-electron chi connectivity index (χ3n) is 16.5. The molecule has 0 saturated heterocycles. The molecule has 0 unspecified atom stereocenters. The Balaban J connectivity index is 0.691. The molecule has 0 aliphatic heterocycles. The Labute approximate surface area is 478 Å². The molecule has 0 bridgehead atoms. The van der Waals surface area contributed by atoms with Crippen LogP contribution in [0.1, 0.15) is 33.4 Å². The zero-order chi connectivity index (χ0) is 56.0. The van der Waals surface area contributed by atoms with Gasteiger partial charge in [-0.15, -0.1) is 0 Å². The van der Waals surface area contributed by atoms with Crippen molar-refractivity contribution in [2.75, 3.05) is 0 Å². The summed E-state index contributed by atoms with van der Waals surface area (Å²) in [5, 5.41) is 5.78. The Morgan fingerprint density at radius 2 is 0.524 bits per heavy atom. The monoisotopic (exact) mass is 1090 g/mol. The number of nitrogens with one attached hydrogen (secondary N) is 3. The van der Waals surface area contributed by atoms with E-state index in [9.17, 15) is 0 Å². The molecule has 7 aromatic carbocycles. The van der Waals surface area contributed by atoms with Crippen LogP contribution in [-0.2, 0) is 19.8 Å². The number of nitrogens with zero attached hydrogens (tertiary/aromatic N) is 9. The fourth-order valence-electron chi connectivity index (χ4n) is 12.1. The standard InChI is InChI=1S/C69H48N12O3/c1-37-52(34-82-43-22-16-40(17-23-43)67-76-61-46-10-4-28-70-55(46)56-47(62(61)77-67)11-5-29-71-56)38(2)54(36-84-45-26-20-42(21-27-45)69-80-65-50-14-8-32-74-59(50)60-51(66(65)81-69)15-9-33-75-60)39(3)53(37)35-83-44-24-18-41(19-25-44)68-78-63-48-12-6-30-72-57(48)58-49(64(63)79-68)13-7-31-73-58/h4-33H,34-36H2,1-3H3,(H,76,77)(H,78,79)(H,80,81). The van der Waals surface area contributed by atoms with Crippen molar-refractivity contribution in [2.24, 2.45) is 0 Å². The minimum Gasteiger partial charge on any atom is -0.489 e. The number of benzene rings is 7. The molecule has 15 nitrogen and oxygen atoms in total. The molecule has 0 amide bonds. The maximum absolute atomic E-state index is 6.68. The predicted molar refractivity (Wildman–Crippen MR) is 330 cm³/mol. The molecule has 9 heterocycles. The van der Waals surface area contributed by atoms with Crippen LogP contribution in [0.2, 0.25) is 0 Å². The van der Waals surface area contributed by atoms with Crippen LogP contribution in [-0.4, -0.2) is 59.8 Å². The van der Waals surface area contributed by atoms with E-state index in [0.29, 0.717) is 19.8 Å². The van der Waals surface area contributed by atoms with Gasteiger partial charge in [0.1, 0.15) is 54.5 Å². The molecule has 84 heavy (non-hydrogen) atoms. The second kappa shape index (κ2) is 19.5. The zero-order valence-electron chi connectivity index (χ0n) is 45.7. The summed E-state index contributed by atoms with van der Waals surface area (Å²) in [7, 11) is 0. The number of rotatable bonds is 12. The highest BCUT2D eigenvalue weighted by Gasteiger charge is 2.22. The van der Waals surface area contributed by atoms with Gasteiger partial charge in [0.15, 0.2) is 0 Å². The van der Waals surface area contributed by atoms with Crippen molar-refractivity contribution in [2.45, 2.75) is 40.6 Å². The summed E-state index contributed by atoms with van der Waals surface area (Å²) in [6, 6.07) is 48.2. The van der Waals surface area contributed by atoms with Crippen LogP contribution in [0.25, 0.3) is 133 Å². The van der Waals surface area contributed by atoms with E-state index < -0.39 is 0 Å². The maximum atomic E-state index is 6.68. The van der Waals surface area contributed by atoms with Crippen LogP contribution in [0.15, 0.2) is 183 Å². The second-order valence-corrected chi connectivity index (χ2v) is 21.1. The fourth-order valence-corrected chi connectivity index (χ4v) is 12.1. The lowest BCUT2D eigenvalue weighted by molar-refractivity contribution is 0.290. The lowest BCUT2D eigenvalue weighted by Gasteiger charge is -2.23. The summed E-state index contributed by atoms with van der Waals surface area (Å²) in [6.45, 7) is 7.44. The van der Waals surface area contributed by atoms with Crippen molar-refractivity contribution in [3.8, 4) is 51.4 Å². The van der Waals surface area contributed by atoms with Crippen molar-refractivity contribution in [1.82, 2.24) is 59.8 Å². The first-order chi connectivity index (χ1) is 41.4. The lowest BCUT2D eigenvalue weighted by Crippen LogP contribution is -2.13. The van der Waals surface area contributed by atoms with E-state index in [4.69, 9.17) is 29.2 Å². The molecule has 0 aliphatic carbocycles. The van der Waals surface area contributed by atoms with Gasteiger partial charge >= 0.3 is 0 Å². The van der Waals surface area contributed by atoms with E-state index >= 15 is 0 Å². The molecule has 0 atom stereocenters. The minimum atomic E-state index is 0.325. The average Bonchev–Trinajstić information content (AvgIpc) is 2.22. The van der Waals surface area contributed by atoms with Gasteiger partial charge in [-0.1, -0.05) is 0 Å². The van der Waals surface area contributed by atoms with Crippen molar-refractivity contribution in [3.05, 3.63) is 216 Å². The van der Waals surface area contributed by atoms with Crippen molar-refractivity contribution >= 4 is 98.5 Å². The summed E-state index contributed by atoms with van der Waals surface area (Å²) in [4.78, 5) is 54.2. The van der Waals surface area contributed by atoms with E-state index in [2.05, 4.69) is 83.8 Å². The van der Waals surface area contributed by atoms with E-state index in [-0.39, 0.29) is 0 Å². The summed E-state index contributed by atoms with van der Waals surface area (Å²) in [5.41, 5.74) is 19.6. The summed E-state index contributed by atoms with van der Waals surface area (Å²) >= 11 is 0. The molecule has 0 aliphatic rings. The Kier molecular flexibility index (Phi) is 11.3. The van der Waals surface area contributed by atoms with E-state index in [1.807, 2.05) is 127 Å². The number of aromatic amines is 3. The molecular formula is C69H48N12O3. The van der Waals surface area contributed by atoms with Crippen LogP contribution in [0.5, 0.6) is 17.2 Å². The molecule has 0 spiro atoms. The van der Waals surface area contributed by atoms with Gasteiger partial charge in [-0.25, -0.2) is 15.0 Å². The van der Waals surface area contributed by atoms with Crippen LogP contribution >= 0.6 is 0 Å². The molecule has 15 heteroatoms. The average molecular weight is 1090 g/mol.